The number of hydrogen-bond donors (Lipinski definition) is 4. The van der Waals surface area contributed by atoms with E-state index < -0.39 is 36.0 Å². The number of methoxy groups -OCH3 is 1. The second kappa shape index (κ2) is 10.1. The van der Waals surface area contributed by atoms with Crippen molar-refractivity contribution in [2.24, 2.45) is 5.92 Å². The molecule has 0 aliphatic rings. The summed E-state index contributed by atoms with van der Waals surface area (Å²) in [6, 6.07) is 2.76. The Labute approximate surface area is 156 Å². The Bertz CT molecular complexity index is 703. The molecule has 9 heteroatoms. The van der Waals surface area contributed by atoms with Crippen LogP contribution in [-0.2, 0) is 20.7 Å². The van der Waals surface area contributed by atoms with Gasteiger partial charge in [-0.15, -0.1) is 0 Å². The van der Waals surface area contributed by atoms with Crippen molar-refractivity contribution in [1.82, 2.24) is 10.6 Å². The molecular formula is C18H24N2O7. The number of amides is 2. The van der Waals surface area contributed by atoms with Crippen LogP contribution in [0.2, 0.25) is 0 Å². The monoisotopic (exact) mass is 380 g/mol. The number of carboxylic acids is 2. The highest BCUT2D eigenvalue weighted by molar-refractivity contribution is 5.88. The van der Waals surface area contributed by atoms with Crippen LogP contribution < -0.4 is 10.6 Å². The van der Waals surface area contributed by atoms with Crippen LogP contribution in [0.25, 0.3) is 0 Å². The number of ether oxygens (including phenoxy) is 1. The van der Waals surface area contributed by atoms with Crippen LogP contribution in [0.15, 0.2) is 24.3 Å². The fraction of sp³-hybridized carbons (Fsp3) is 0.444. The van der Waals surface area contributed by atoms with Crippen LogP contribution in [0.3, 0.4) is 0 Å². The van der Waals surface area contributed by atoms with E-state index in [-0.39, 0.29) is 17.9 Å². The number of benzene rings is 1. The maximum atomic E-state index is 12.1. The maximum Gasteiger partial charge on any atom is 0.335 e. The molecular weight excluding hydrogens is 356 g/mol. The topological polar surface area (TPSA) is 142 Å². The van der Waals surface area contributed by atoms with E-state index in [0.29, 0.717) is 12.0 Å². The second-order valence-electron chi connectivity index (χ2n) is 6.42. The number of aliphatic carboxylic acids is 1. The highest BCUT2D eigenvalue weighted by Gasteiger charge is 2.26. The summed E-state index contributed by atoms with van der Waals surface area (Å²) < 4.78 is 4.64. The van der Waals surface area contributed by atoms with Crippen molar-refractivity contribution in [1.29, 1.82) is 0 Å². The first kappa shape index (κ1) is 21.9. The number of aromatic carboxylic acids is 1. The van der Waals surface area contributed by atoms with Crippen LogP contribution in [-0.4, -0.2) is 53.3 Å². The van der Waals surface area contributed by atoms with Crippen LogP contribution in [0, 0.1) is 5.92 Å². The Morgan fingerprint density at radius 1 is 1.07 bits per heavy atom. The summed E-state index contributed by atoms with van der Waals surface area (Å²) in [7, 11) is 1.20. The first-order valence-corrected chi connectivity index (χ1v) is 8.34. The van der Waals surface area contributed by atoms with Crippen LogP contribution in [0.5, 0.6) is 0 Å². The van der Waals surface area contributed by atoms with Gasteiger partial charge in [0, 0.05) is 6.42 Å². The molecule has 0 saturated carbocycles. The Morgan fingerprint density at radius 3 is 2.22 bits per heavy atom. The molecule has 2 amide bonds. The third-order valence-corrected chi connectivity index (χ3v) is 3.72. The van der Waals surface area contributed by atoms with E-state index in [4.69, 9.17) is 5.11 Å². The van der Waals surface area contributed by atoms with E-state index in [1.807, 2.05) is 13.8 Å². The molecule has 0 aliphatic heterocycles. The lowest BCUT2D eigenvalue weighted by molar-refractivity contribution is -0.143. The number of rotatable bonds is 9. The van der Waals surface area contributed by atoms with Crippen molar-refractivity contribution in [3.05, 3.63) is 35.4 Å². The Morgan fingerprint density at radius 2 is 1.70 bits per heavy atom. The zero-order valence-electron chi connectivity index (χ0n) is 15.4. The van der Waals surface area contributed by atoms with Crippen LogP contribution >= 0.6 is 0 Å². The molecule has 1 aromatic rings. The predicted molar refractivity (Wildman–Crippen MR) is 95.5 cm³/mol. The normalized spacial score (nSPS) is 12.7. The molecule has 148 valence electrons. The van der Waals surface area contributed by atoms with Crippen molar-refractivity contribution in [2.75, 3.05) is 7.11 Å². The van der Waals surface area contributed by atoms with Gasteiger partial charge in [-0.25, -0.2) is 19.2 Å². The molecule has 1 aromatic carbocycles. The van der Waals surface area contributed by atoms with Crippen molar-refractivity contribution in [2.45, 2.75) is 38.8 Å². The van der Waals surface area contributed by atoms with Gasteiger partial charge in [0.15, 0.2) is 0 Å². The molecule has 0 saturated heterocycles. The minimum Gasteiger partial charge on any atom is -0.480 e. The maximum absolute atomic E-state index is 12.1. The van der Waals surface area contributed by atoms with Gasteiger partial charge in [-0.2, -0.15) is 0 Å². The molecule has 0 bridgehead atoms. The third-order valence-electron chi connectivity index (χ3n) is 3.72. The third kappa shape index (κ3) is 7.35. The quantitative estimate of drug-likeness (QED) is 0.473. The standard InChI is InChI=1S/C18H24N2O7/c1-10(2)7-14(17(25)27-3)20-18(26)19-13(16(23)24)9-11-5-4-6-12(8-11)15(21)22/h4-6,8,10,13-14H,7,9H2,1-3H3,(H,21,22)(H,23,24)(H2,19,20,26)/t13-,14-/m0/s1. The van der Waals surface area contributed by atoms with Gasteiger partial charge in [-0.1, -0.05) is 26.0 Å². The van der Waals surface area contributed by atoms with Gasteiger partial charge in [0.2, 0.25) is 0 Å². The van der Waals surface area contributed by atoms with Gasteiger partial charge in [0.05, 0.1) is 12.7 Å². The summed E-state index contributed by atoms with van der Waals surface area (Å²) in [6.45, 7) is 3.73. The van der Waals surface area contributed by atoms with E-state index in [2.05, 4.69) is 15.4 Å². The molecule has 27 heavy (non-hydrogen) atoms. The zero-order chi connectivity index (χ0) is 20.6. The molecule has 0 heterocycles. The lowest BCUT2D eigenvalue weighted by atomic mass is 10.0. The SMILES string of the molecule is COC(=O)[C@H](CC(C)C)NC(=O)N[C@@H](Cc1cccc(C(=O)O)c1)C(=O)O. The Balaban J connectivity index is 2.82. The van der Waals surface area contributed by atoms with Gasteiger partial charge >= 0.3 is 23.9 Å². The minimum atomic E-state index is -1.30. The summed E-state index contributed by atoms with van der Waals surface area (Å²) in [4.78, 5) is 46.4. The highest BCUT2D eigenvalue weighted by Crippen LogP contribution is 2.09. The van der Waals surface area contributed by atoms with Gasteiger partial charge in [0.25, 0.3) is 0 Å². The smallest absolute Gasteiger partial charge is 0.335 e. The molecule has 0 radical (unpaired) electrons. The van der Waals surface area contributed by atoms with Gasteiger partial charge < -0.3 is 25.6 Å². The van der Waals surface area contributed by atoms with Gasteiger partial charge in [-0.05, 0) is 30.0 Å². The minimum absolute atomic E-state index is 0.0174. The predicted octanol–water partition coefficient (Wildman–Crippen LogP) is 1.27. The first-order valence-electron chi connectivity index (χ1n) is 8.34. The van der Waals surface area contributed by atoms with E-state index in [9.17, 15) is 24.3 Å². The molecule has 0 aromatic heterocycles. The Hall–Kier alpha value is -3.10. The van der Waals surface area contributed by atoms with E-state index >= 15 is 0 Å². The second-order valence-corrected chi connectivity index (χ2v) is 6.42. The van der Waals surface area contributed by atoms with Crippen molar-refractivity contribution >= 4 is 23.9 Å². The molecule has 9 nitrogen and oxygen atoms in total. The van der Waals surface area contributed by atoms with Crippen LogP contribution in [0.4, 0.5) is 4.79 Å². The molecule has 2 atom stereocenters. The van der Waals surface area contributed by atoms with Crippen molar-refractivity contribution in [3.63, 3.8) is 0 Å². The summed E-state index contributed by atoms with van der Waals surface area (Å²) in [5.41, 5.74) is 0.457. The fourth-order valence-corrected chi connectivity index (χ4v) is 2.45. The van der Waals surface area contributed by atoms with Crippen LogP contribution in [0.1, 0.15) is 36.2 Å². The molecule has 0 aliphatic carbocycles. The zero-order valence-corrected chi connectivity index (χ0v) is 15.4. The molecule has 0 spiro atoms. The van der Waals surface area contributed by atoms with Gasteiger partial charge in [-0.3, -0.25) is 0 Å². The largest absolute Gasteiger partial charge is 0.480 e. The number of carbonyl (C=O) groups is 4. The van der Waals surface area contributed by atoms with E-state index in [0.717, 1.165) is 0 Å². The van der Waals surface area contributed by atoms with E-state index in [1.54, 1.807) is 6.07 Å². The average molecular weight is 380 g/mol. The summed E-state index contributed by atoms with van der Waals surface area (Å²) in [6.07, 6.45) is 0.218. The van der Waals surface area contributed by atoms with E-state index in [1.165, 1.54) is 25.3 Å². The van der Waals surface area contributed by atoms with Crippen molar-refractivity contribution in [3.8, 4) is 0 Å². The van der Waals surface area contributed by atoms with Gasteiger partial charge in [0.1, 0.15) is 12.1 Å². The number of nitrogens with one attached hydrogen (secondary N) is 2. The number of carboxylic acid groups (broad SMARTS) is 2. The first-order chi connectivity index (χ1) is 12.6. The number of urea groups is 1. The molecule has 0 fully saturated rings. The lowest BCUT2D eigenvalue weighted by Crippen LogP contribution is -2.52. The van der Waals surface area contributed by atoms with Crippen molar-refractivity contribution < 1.29 is 34.1 Å². The molecule has 4 N–H and O–H groups in total. The Kier molecular flexibility index (Phi) is 8.25. The fourth-order valence-electron chi connectivity index (χ4n) is 2.45. The number of carbonyl (C=O) groups excluding carboxylic acids is 2. The molecule has 0 unspecified atom stereocenters. The molecule has 1 rings (SSSR count). The highest BCUT2D eigenvalue weighted by atomic mass is 16.5. The average Bonchev–Trinajstić information content (AvgIpc) is 2.59. The lowest BCUT2D eigenvalue weighted by Gasteiger charge is -2.21. The number of hydrogen-bond acceptors (Lipinski definition) is 5. The summed E-state index contributed by atoms with van der Waals surface area (Å²) >= 11 is 0. The number of esters is 1. The summed E-state index contributed by atoms with van der Waals surface area (Å²) in [5.74, 6) is -2.95. The summed E-state index contributed by atoms with van der Waals surface area (Å²) in [5, 5.41) is 23.1.